The molecule has 1 aromatic carbocycles. The smallest absolute Gasteiger partial charge is 0.286 e. The number of likely N-dealkylation sites (tertiary alicyclic amines) is 1. The van der Waals surface area contributed by atoms with Crippen LogP contribution in [0.1, 0.15) is 54.5 Å². The first kappa shape index (κ1) is 21.0. The van der Waals surface area contributed by atoms with E-state index < -0.39 is 0 Å². The molecule has 0 saturated carbocycles. The Labute approximate surface area is 181 Å². The zero-order valence-corrected chi connectivity index (χ0v) is 18.5. The molecule has 30 heavy (non-hydrogen) atoms. The second-order valence-corrected chi connectivity index (χ2v) is 8.92. The zero-order valence-electron chi connectivity index (χ0n) is 17.6. The van der Waals surface area contributed by atoms with Gasteiger partial charge in [-0.3, -0.25) is 4.79 Å². The van der Waals surface area contributed by atoms with Crippen molar-refractivity contribution in [3.05, 3.63) is 47.4 Å². The first-order valence-electron chi connectivity index (χ1n) is 10.7. The largest absolute Gasteiger partial charge is 0.455 e. The Balaban J connectivity index is 1.22. The van der Waals surface area contributed by atoms with E-state index in [-0.39, 0.29) is 5.91 Å². The van der Waals surface area contributed by atoms with Gasteiger partial charge < -0.3 is 19.1 Å². The lowest BCUT2D eigenvalue weighted by molar-refractivity contribution is 0.0920. The van der Waals surface area contributed by atoms with Crippen molar-refractivity contribution in [2.24, 2.45) is 0 Å². The third-order valence-electron chi connectivity index (χ3n) is 5.60. The Hall–Kier alpha value is -2.25. The molecule has 1 N–H and O–H groups in total. The van der Waals surface area contributed by atoms with Gasteiger partial charge in [-0.25, -0.2) is 4.98 Å². The number of benzene rings is 1. The molecule has 1 aliphatic rings. The van der Waals surface area contributed by atoms with Crippen LogP contribution < -0.4 is 5.32 Å². The highest BCUT2D eigenvalue weighted by molar-refractivity contribution is 7.98. The van der Waals surface area contributed by atoms with E-state index in [4.69, 9.17) is 8.83 Å². The average Bonchev–Trinajstić information content (AvgIpc) is 3.37. The zero-order chi connectivity index (χ0) is 20.9. The second kappa shape index (κ2) is 9.71. The van der Waals surface area contributed by atoms with Gasteiger partial charge in [0.1, 0.15) is 11.3 Å². The van der Waals surface area contributed by atoms with Crippen LogP contribution in [0.5, 0.6) is 0 Å². The van der Waals surface area contributed by atoms with Crippen LogP contribution in [-0.2, 0) is 5.75 Å². The first-order chi connectivity index (χ1) is 14.6. The van der Waals surface area contributed by atoms with E-state index in [9.17, 15) is 4.79 Å². The predicted octanol–water partition coefficient (Wildman–Crippen LogP) is 5.02. The average molecular weight is 428 g/mol. The van der Waals surface area contributed by atoms with Crippen LogP contribution in [0.25, 0.3) is 11.1 Å². The molecule has 6 nitrogen and oxygen atoms in total. The fourth-order valence-electron chi connectivity index (χ4n) is 3.85. The summed E-state index contributed by atoms with van der Waals surface area (Å²) in [4.78, 5) is 19.4. The number of hydrogen-bond acceptors (Lipinski definition) is 6. The molecule has 0 bridgehead atoms. The maximum absolute atomic E-state index is 12.3. The molecule has 160 valence electrons. The lowest BCUT2D eigenvalue weighted by atomic mass is 10.0. The van der Waals surface area contributed by atoms with Crippen molar-refractivity contribution in [1.29, 1.82) is 0 Å². The summed E-state index contributed by atoms with van der Waals surface area (Å²) < 4.78 is 11.5. The molecular weight excluding hydrogens is 398 g/mol. The van der Waals surface area contributed by atoms with Crippen molar-refractivity contribution in [1.82, 2.24) is 15.2 Å². The molecule has 3 heterocycles. The third-order valence-corrected chi connectivity index (χ3v) is 6.45. The van der Waals surface area contributed by atoms with Crippen molar-refractivity contribution in [3.63, 3.8) is 0 Å². The first-order valence-corrected chi connectivity index (χ1v) is 11.7. The van der Waals surface area contributed by atoms with E-state index in [0.29, 0.717) is 29.3 Å². The summed E-state index contributed by atoms with van der Waals surface area (Å²) in [5.41, 5.74) is 2.79. The Kier molecular flexibility index (Phi) is 6.79. The van der Waals surface area contributed by atoms with Gasteiger partial charge in [0.2, 0.25) is 0 Å². The van der Waals surface area contributed by atoms with E-state index >= 15 is 0 Å². The minimum Gasteiger partial charge on any atom is -0.455 e. The van der Waals surface area contributed by atoms with Gasteiger partial charge >= 0.3 is 0 Å². The SMILES string of the molecule is Cc1ccc2oc(SCc3ccc(C(=O)NCCCN4CCCCC4C)o3)nc2c1. The number of fused-ring (bicyclic) bond motifs is 1. The molecule has 0 radical (unpaired) electrons. The molecule has 1 fully saturated rings. The number of nitrogens with zero attached hydrogens (tertiary/aromatic N) is 2. The van der Waals surface area contributed by atoms with E-state index in [1.54, 1.807) is 6.07 Å². The Morgan fingerprint density at radius 2 is 2.17 bits per heavy atom. The summed E-state index contributed by atoms with van der Waals surface area (Å²) in [6, 6.07) is 10.2. The highest BCUT2D eigenvalue weighted by Gasteiger charge is 2.18. The van der Waals surface area contributed by atoms with Crippen molar-refractivity contribution >= 4 is 28.8 Å². The highest BCUT2D eigenvalue weighted by Crippen LogP contribution is 2.27. The number of aryl methyl sites for hydroxylation is 1. The normalized spacial score (nSPS) is 17.5. The molecule has 3 aromatic rings. The number of piperidine rings is 1. The number of thioether (sulfide) groups is 1. The molecule has 1 aliphatic heterocycles. The Morgan fingerprint density at radius 1 is 1.27 bits per heavy atom. The molecule has 7 heteroatoms. The van der Waals surface area contributed by atoms with Crippen LogP contribution in [0.3, 0.4) is 0 Å². The minimum atomic E-state index is -0.157. The van der Waals surface area contributed by atoms with Gasteiger partial charge in [0.05, 0.1) is 5.75 Å². The number of rotatable bonds is 8. The van der Waals surface area contributed by atoms with E-state index in [2.05, 4.69) is 22.1 Å². The topological polar surface area (TPSA) is 71.5 Å². The van der Waals surface area contributed by atoms with Gasteiger partial charge in [-0.1, -0.05) is 24.2 Å². The van der Waals surface area contributed by atoms with Crippen LogP contribution in [0.2, 0.25) is 0 Å². The van der Waals surface area contributed by atoms with Gasteiger partial charge in [-0.2, -0.15) is 0 Å². The summed E-state index contributed by atoms with van der Waals surface area (Å²) >= 11 is 1.46. The summed E-state index contributed by atoms with van der Waals surface area (Å²) in [6.45, 7) is 7.20. The summed E-state index contributed by atoms with van der Waals surface area (Å²) in [6.07, 6.45) is 4.85. The van der Waals surface area contributed by atoms with Crippen molar-refractivity contribution < 1.29 is 13.6 Å². The fourth-order valence-corrected chi connectivity index (χ4v) is 4.58. The van der Waals surface area contributed by atoms with E-state index in [1.165, 1.54) is 37.6 Å². The van der Waals surface area contributed by atoms with Crippen molar-refractivity contribution in [2.75, 3.05) is 19.6 Å². The van der Waals surface area contributed by atoms with Crippen LogP contribution in [0.4, 0.5) is 0 Å². The lowest BCUT2D eigenvalue weighted by Crippen LogP contribution is -2.39. The maximum atomic E-state index is 12.3. The number of carbonyl (C=O) groups excluding carboxylic acids is 1. The third kappa shape index (κ3) is 5.26. The number of furan rings is 1. The van der Waals surface area contributed by atoms with Gasteiger partial charge in [0, 0.05) is 19.1 Å². The predicted molar refractivity (Wildman–Crippen MR) is 119 cm³/mol. The molecular formula is C23H29N3O3S. The van der Waals surface area contributed by atoms with E-state index in [1.807, 2.05) is 31.2 Å². The molecule has 1 saturated heterocycles. The van der Waals surface area contributed by atoms with Gasteiger partial charge in [-0.15, -0.1) is 0 Å². The van der Waals surface area contributed by atoms with Crippen LogP contribution in [0.15, 0.2) is 44.4 Å². The summed E-state index contributed by atoms with van der Waals surface area (Å²) in [5, 5.41) is 3.57. The summed E-state index contributed by atoms with van der Waals surface area (Å²) in [5.74, 6) is 1.48. The van der Waals surface area contributed by atoms with Crippen LogP contribution in [-0.4, -0.2) is 41.5 Å². The van der Waals surface area contributed by atoms with Gasteiger partial charge in [0.15, 0.2) is 11.3 Å². The van der Waals surface area contributed by atoms with E-state index in [0.717, 1.165) is 35.4 Å². The second-order valence-electron chi connectivity index (χ2n) is 8.00. The Morgan fingerprint density at radius 3 is 3.03 bits per heavy atom. The number of carbonyl (C=O) groups is 1. The van der Waals surface area contributed by atoms with Gasteiger partial charge in [0.25, 0.3) is 11.1 Å². The molecule has 4 rings (SSSR count). The molecule has 0 aliphatic carbocycles. The Bertz CT molecular complexity index is 997. The number of nitrogens with one attached hydrogen (secondary N) is 1. The fraction of sp³-hybridized carbons (Fsp3) is 0.478. The number of aromatic nitrogens is 1. The maximum Gasteiger partial charge on any atom is 0.286 e. The number of oxazole rings is 1. The summed E-state index contributed by atoms with van der Waals surface area (Å²) in [7, 11) is 0. The number of amides is 1. The van der Waals surface area contributed by atoms with Crippen molar-refractivity contribution in [2.45, 2.75) is 56.5 Å². The van der Waals surface area contributed by atoms with Crippen molar-refractivity contribution in [3.8, 4) is 0 Å². The standard InChI is InChI=1S/C23H29N3O3S/c1-16-7-9-20-19(14-16)25-23(29-20)30-15-18-8-10-21(28-18)22(27)24-11-5-13-26-12-4-3-6-17(26)2/h7-10,14,17H,3-6,11-13,15H2,1-2H3,(H,24,27). The van der Waals surface area contributed by atoms with Crippen LogP contribution in [0, 0.1) is 6.92 Å². The quantitative estimate of drug-likeness (QED) is 0.402. The molecule has 2 aromatic heterocycles. The molecule has 1 unspecified atom stereocenters. The van der Waals surface area contributed by atoms with Crippen LogP contribution >= 0.6 is 11.8 Å². The molecule has 1 amide bonds. The number of hydrogen-bond donors (Lipinski definition) is 1. The molecule has 0 spiro atoms. The highest BCUT2D eigenvalue weighted by atomic mass is 32.2. The van der Waals surface area contributed by atoms with Gasteiger partial charge in [-0.05, 0) is 69.5 Å². The lowest BCUT2D eigenvalue weighted by Gasteiger charge is -2.33. The molecule has 1 atom stereocenters. The monoisotopic (exact) mass is 427 g/mol. The minimum absolute atomic E-state index is 0.157.